The second-order valence-corrected chi connectivity index (χ2v) is 5.46. The molecule has 0 bridgehead atoms. The molecule has 0 spiro atoms. The average Bonchev–Trinajstić information content (AvgIpc) is 2.50. The van der Waals surface area contributed by atoms with Crippen LogP contribution in [0.15, 0.2) is 54.7 Å². The van der Waals surface area contributed by atoms with Crippen LogP contribution in [0.1, 0.15) is 17.0 Å². The Morgan fingerprint density at radius 2 is 2.00 bits per heavy atom. The van der Waals surface area contributed by atoms with Crippen molar-refractivity contribution in [3.8, 4) is 5.75 Å². The standard InChI is InChI=1S/C18H16N2O/c19-16-7-8-17(18-15(16)6-3-9-20-18)21-11-13-10-12-4-1-2-5-14(12)13/h1-9,13H,10-11,19H2. The van der Waals surface area contributed by atoms with Crippen molar-refractivity contribution in [2.75, 3.05) is 12.3 Å². The van der Waals surface area contributed by atoms with Gasteiger partial charge in [0, 0.05) is 23.2 Å². The van der Waals surface area contributed by atoms with E-state index in [0.717, 1.165) is 28.8 Å². The molecule has 3 nitrogen and oxygen atoms in total. The number of nitrogens with two attached hydrogens (primary N) is 1. The van der Waals surface area contributed by atoms with Gasteiger partial charge in [0.2, 0.25) is 0 Å². The maximum atomic E-state index is 6.02. The van der Waals surface area contributed by atoms with Crippen molar-refractivity contribution in [1.82, 2.24) is 4.98 Å². The Morgan fingerprint density at radius 3 is 2.90 bits per heavy atom. The molecule has 1 heterocycles. The number of pyridine rings is 1. The monoisotopic (exact) mass is 276 g/mol. The van der Waals surface area contributed by atoms with E-state index in [1.54, 1.807) is 6.20 Å². The number of nitrogen functional groups attached to an aromatic ring is 1. The van der Waals surface area contributed by atoms with Crippen molar-refractivity contribution in [3.05, 3.63) is 65.9 Å². The van der Waals surface area contributed by atoms with Crippen LogP contribution in [-0.4, -0.2) is 11.6 Å². The number of rotatable bonds is 3. The summed E-state index contributed by atoms with van der Waals surface area (Å²) in [4.78, 5) is 4.40. The van der Waals surface area contributed by atoms with E-state index in [0.29, 0.717) is 12.5 Å². The van der Waals surface area contributed by atoms with Crippen LogP contribution in [0.4, 0.5) is 5.69 Å². The molecule has 1 unspecified atom stereocenters. The minimum absolute atomic E-state index is 0.484. The van der Waals surface area contributed by atoms with Gasteiger partial charge >= 0.3 is 0 Å². The highest BCUT2D eigenvalue weighted by Gasteiger charge is 2.26. The van der Waals surface area contributed by atoms with Crippen molar-refractivity contribution < 1.29 is 4.74 Å². The summed E-state index contributed by atoms with van der Waals surface area (Å²) in [5, 5.41) is 0.948. The maximum absolute atomic E-state index is 6.02. The molecule has 4 rings (SSSR count). The molecule has 2 aromatic carbocycles. The molecule has 3 heteroatoms. The van der Waals surface area contributed by atoms with Gasteiger partial charge in [0.1, 0.15) is 11.3 Å². The normalized spacial score (nSPS) is 16.3. The van der Waals surface area contributed by atoms with Crippen molar-refractivity contribution in [2.24, 2.45) is 0 Å². The molecule has 0 saturated carbocycles. The van der Waals surface area contributed by atoms with Crippen LogP contribution in [0.5, 0.6) is 5.75 Å². The lowest BCUT2D eigenvalue weighted by molar-refractivity contribution is 0.278. The fraction of sp³-hybridized carbons (Fsp3) is 0.167. The molecule has 0 radical (unpaired) electrons. The van der Waals surface area contributed by atoms with E-state index in [1.807, 2.05) is 24.3 Å². The minimum atomic E-state index is 0.484. The summed E-state index contributed by atoms with van der Waals surface area (Å²) in [7, 11) is 0. The number of nitrogens with zero attached hydrogens (tertiary/aromatic N) is 1. The first kappa shape index (κ1) is 12.2. The van der Waals surface area contributed by atoms with E-state index in [1.165, 1.54) is 11.1 Å². The Labute approximate surface area is 123 Å². The molecular weight excluding hydrogens is 260 g/mol. The van der Waals surface area contributed by atoms with Crippen LogP contribution in [0.2, 0.25) is 0 Å². The summed E-state index contributed by atoms with van der Waals surface area (Å²) in [5.74, 6) is 1.29. The number of anilines is 1. The fourth-order valence-electron chi connectivity index (χ4n) is 2.99. The lowest BCUT2D eigenvalue weighted by atomic mass is 9.78. The van der Waals surface area contributed by atoms with Gasteiger partial charge in [-0.1, -0.05) is 24.3 Å². The topological polar surface area (TPSA) is 48.1 Å². The van der Waals surface area contributed by atoms with Crippen molar-refractivity contribution in [1.29, 1.82) is 0 Å². The van der Waals surface area contributed by atoms with E-state index in [-0.39, 0.29) is 0 Å². The zero-order chi connectivity index (χ0) is 14.2. The number of hydrogen-bond donors (Lipinski definition) is 1. The largest absolute Gasteiger partial charge is 0.491 e. The molecule has 0 amide bonds. The summed E-state index contributed by atoms with van der Waals surface area (Å²) < 4.78 is 6.02. The highest BCUT2D eigenvalue weighted by Crippen LogP contribution is 2.36. The maximum Gasteiger partial charge on any atom is 0.145 e. The van der Waals surface area contributed by atoms with Crippen molar-refractivity contribution in [2.45, 2.75) is 12.3 Å². The molecule has 1 atom stereocenters. The van der Waals surface area contributed by atoms with Gasteiger partial charge in [0.15, 0.2) is 0 Å². The van der Waals surface area contributed by atoms with Gasteiger partial charge in [-0.15, -0.1) is 0 Å². The van der Waals surface area contributed by atoms with Gasteiger partial charge in [-0.3, -0.25) is 4.98 Å². The summed E-state index contributed by atoms with van der Waals surface area (Å²) in [6.07, 6.45) is 2.86. The second kappa shape index (κ2) is 4.77. The zero-order valence-corrected chi connectivity index (χ0v) is 11.6. The van der Waals surface area contributed by atoms with E-state index in [4.69, 9.17) is 10.5 Å². The van der Waals surface area contributed by atoms with Gasteiger partial charge in [0.05, 0.1) is 6.61 Å². The van der Waals surface area contributed by atoms with Gasteiger partial charge in [-0.05, 0) is 41.8 Å². The Bertz CT molecular complexity index is 813. The predicted octanol–water partition coefficient (Wildman–Crippen LogP) is 3.54. The Morgan fingerprint density at radius 1 is 1.10 bits per heavy atom. The summed E-state index contributed by atoms with van der Waals surface area (Å²) in [5.41, 5.74) is 10.4. The minimum Gasteiger partial charge on any atom is -0.491 e. The van der Waals surface area contributed by atoms with Gasteiger partial charge in [-0.2, -0.15) is 0 Å². The van der Waals surface area contributed by atoms with Crippen LogP contribution >= 0.6 is 0 Å². The highest BCUT2D eigenvalue weighted by molar-refractivity contribution is 5.94. The molecule has 0 aliphatic heterocycles. The SMILES string of the molecule is Nc1ccc(OCC2Cc3ccccc32)c2ncccc12. The lowest BCUT2D eigenvalue weighted by Crippen LogP contribution is -2.23. The molecule has 0 fully saturated rings. The van der Waals surface area contributed by atoms with Gasteiger partial charge in [-0.25, -0.2) is 0 Å². The van der Waals surface area contributed by atoms with Gasteiger partial charge in [0.25, 0.3) is 0 Å². The van der Waals surface area contributed by atoms with E-state index >= 15 is 0 Å². The fourth-order valence-corrected chi connectivity index (χ4v) is 2.99. The van der Waals surface area contributed by atoms with E-state index in [9.17, 15) is 0 Å². The smallest absolute Gasteiger partial charge is 0.145 e. The third kappa shape index (κ3) is 2.02. The van der Waals surface area contributed by atoms with E-state index < -0.39 is 0 Å². The lowest BCUT2D eigenvalue weighted by Gasteiger charge is -2.29. The molecule has 0 saturated heterocycles. The average molecular weight is 276 g/mol. The highest BCUT2D eigenvalue weighted by atomic mass is 16.5. The van der Waals surface area contributed by atoms with Crippen LogP contribution in [0.25, 0.3) is 10.9 Å². The summed E-state index contributed by atoms with van der Waals surface area (Å²) in [6.45, 7) is 0.687. The Balaban J connectivity index is 1.58. The van der Waals surface area contributed by atoms with Crippen molar-refractivity contribution in [3.63, 3.8) is 0 Å². The van der Waals surface area contributed by atoms with Crippen LogP contribution in [0.3, 0.4) is 0 Å². The molecule has 1 aliphatic carbocycles. The molecule has 21 heavy (non-hydrogen) atoms. The Kier molecular flexibility index (Phi) is 2.78. The first-order valence-electron chi connectivity index (χ1n) is 7.17. The molecule has 2 N–H and O–H groups in total. The third-order valence-corrected chi connectivity index (χ3v) is 4.17. The third-order valence-electron chi connectivity index (χ3n) is 4.17. The zero-order valence-electron chi connectivity index (χ0n) is 11.6. The first-order chi connectivity index (χ1) is 10.3. The quantitative estimate of drug-likeness (QED) is 0.744. The van der Waals surface area contributed by atoms with Gasteiger partial charge < -0.3 is 10.5 Å². The molecule has 1 aliphatic rings. The van der Waals surface area contributed by atoms with Crippen molar-refractivity contribution >= 4 is 16.6 Å². The van der Waals surface area contributed by atoms with Crippen LogP contribution in [0, 0.1) is 0 Å². The molecule has 104 valence electrons. The summed E-state index contributed by atoms with van der Waals surface area (Å²) in [6, 6.07) is 16.2. The summed E-state index contributed by atoms with van der Waals surface area (Å²) >= 11 is 0. The first-order valence-corrected chi connectivity index (χ1v) is 7.17. The number of hydrogen-bond acceptors (Lipinski definition) is 3. The Hall–Kier alpha value is -2.55. The number of aromatic nitrogens is 1. The predicted molar refractivity (Wildman–Crippen MR) is 84.5 cm³/mol. The molecular formula is C18H16N2O. The number of ether oxygens (including phenoxy) is 1. The van der Waals surface area contributed by atoms with Crippen LogP contribution in [-0.2, 0) is 6.42 Å². The second-order valence-electron chi connectivity index (χ2n) is 5.46. The molecule has 1 aromatic heterocycles. The van der Waals surface area contributed by atoms with Crippen LogP contribution < -0.4 is 10.5 Å². The number of fused-ring (bicyclic) bond motifs is 2. The number of benzene rings is 2. The molecule has 3 aromatic rings. The van der Waals surface area contributed by atoms with E-state index in [2.05, 4.69) is 29.2 Å².